The molecule has 0 saturated carbocycles. The largest absolute Gasteiger partial charge is 0.487 e. The summed E-state index contributed by atoms with van der Waals surface area (Å²) < 4.78 is 47.1. The molecule has 0 unspecified atom stereocenters. The lowest BCUT2D eigenvalue weighted by Gasteiger charge is -2.17. The van der Waals surface area contributed by atoms with Gasteiger partial charge in [0.1, 0.15) is 23.4 Å². The second kappa shape index (κ2) is 11.2. The Labute approximate surface area is 224 Å². The summed E-state index contributed by atoms with van der Waals surface area (Å²) in [5.41, 5.74) is 4.05. The molecule has 4 rings (SSSR count). The van der Waals surface area contributed by atoms with E-state index in [1.165, 1.54) is 12.3 Å². The Morgan fingerprint density at radius 3 is 2.62 bits per heavy atom. The molecule has 0 spiro atoms. The molecule has 9 heteroatoms. The van der Waals surface area contributed by atoms with Crippen LogP contribution in [-0.2, 0) is 19.3 Å². The molecule has 6 nitrogen and oxygen atoms in total. The molecule has 3 heterocycles. The first-order chi connectivity index (χ1) is 18.5. The number of para-hydroxylation sites is 1. The van der Waals surface area contributed by atoms with Gasteiger partial charge in [0.2, 0.25) is 0 Å². The molecule has 0 N–H and O–H groups in total. The highest BCUT2D eigenvalue weighted by atomic mass is 19.4. The zero-order chi connectivity index (χ0) is 28.3. The van der Waals surface area contributed by atoms with Crippen molar-refractivity contribution < 1.29 is 17.9 Å². The van der Waals surface area contributed by atoms with E-state index in [2.05, 4.69) is 9.98 Å². The normalized spacial score (nSPS) is 12.7. The van der Waals surface area contributed by atoms with Gasteiger partial charge in [0, 0.05) is 41.8 Å². The molecule has 1 aromatic carbocycles. The van der Waals surface area contributed by atoms with Crippen LogP contribution < -0.4 is 10.3 Å². The number of aromatic nitrogens is 3. The third kappa shape index (κ3) is 5.77. The zero-order valence-electron chi connectivity index (χ0n) is 22.4. The van der Waals surface area contributed by atoms with Gasteiger partial charge in [-0.25, -0.2) is 4.98 Å². The average Bonchev–Trinajstić information content (AvgIpc) is 2.89. The lowest BCUT2D eigenvalue weighted by atomic mass is 9.96. The molecule has 0 bridgehead atoms. The van der Waals surface area contributed by atoms with Gasteiger partial charge in [0.05, 0.1) is 12.2 Å². The van der Waals surface area contributed by atoms with E-state index in [1.807, 2.05) is 58.0 Å². The maximum absolute atomic E-state index is 13.3. The van der Waals surface area contributed by atoms with Crippen LogP contribution in [0.2, 0.25) is 0 Å². The van der Waals surface area contributed by atoms with E-state index >= 15 is 0 Å². The summed E-state index contributed by atoms with van der Waals surface area (Å²) >= 11 is 0. The number of alkyl halides is 3. The lowest BCUT2D eigenvalue weighted by molar-refractivity contribution is -0.138. The predicted molar refractivity (Wildman–Crippen MR) is 147 cm³/mol. The van der Waals surface area contributed by atoms with Gasteiger partial charge in [-0.15, -0.1) is 0 Å². The summed E-state index contributed by atoms with van der Waals surface area (Å²) in [4.78, 5) is 26.0. The van der Waals surface area contributed by atoms with Gasteiger partial charge in [-0.05, 0) is 74.7 Å². The summed E-state index contributed by atoms with van der Waals surface area (Å²) in [7, 11) is 1.75. The Morgan fingerprint density at radius 2 is 1.92 bits per heavy atom. The van der Waals surface area contributed by atoms with Crippen LogP contribution >= 0.6 is 0 Å². The Morgan fingerprint density at radius 1 is 1.15 bits per heavy atom. The van der Waals surface area contributed by atoms with Crippen molar-refractivity contribution in [1.82, 2.24) is 14.5 Å². The standard InChI is InChI=1S/C30H29F3N4O2/c1-6-21(20(4)34-5)23-15-19(3)36-28-22(23)9-7-11-27(28)39-17-24-18(2)12-13-35-26(24)16-37-14-8-10-25(29(37)38)30(31,32)33/h6-15H,16-17H2,1-5H3/b21-6+,34-20?. The van der Waals surface area contributed by atoms with Crippen LogP contribution in [0.1, 0.15) is 47.5 Å². The molecule has 0 aliphatic rings. The van der Waals surface area contributed by atoms with Gasteiger partial charge in [-0.3, -0.25) is 14.8 Å². The fourth-order valence-corrected chi connectivity index (χ4v) is 4.54. The van der Waals surface area contributed by atoms with E-state index in [4.69, 9.17) is 9.72 Å². The summed E-state index contributed by atoms with van der Waals surface area (Å²) in [5.74, 6) is 0.560. The van der Waals surface area contributed by atoms with Crippen LogP contribution in [0.3, 0.4) is 0 Å². The SMILES string of the molecule is C/C=C(\C(C)=NC)c1cc(C)nc2c(OCc3c(C)ccnc3Cn3cccc(C(F)(F)F)c3=O)cccc12. The van der Waals surface area contributed by atoms with Crippen LogP contribution in [0.15, 0.2) is 70.7 Å². The van der Waals surface area contributed by atoms with Crippen molar-refractivity contribution in [3.63, 3.8) is 0 Å². The van der Waals surface area contributed by atoms with Gasteiger partial charge in [-0.2, -0.15) is 13.2 Å². The quantitative estimate of drug-likeness (QED) is 0.252. The molecular weight excluding hydrogens is 505 g/mol. The second-order valence-electron chi connectivity index (χ2n) is 9.17. The van der Waals surface area contributed by atoms with Crippen LogP contribution in [0.5, 0.6) is 5.75 Å². The van der Waals surface area contributed by atoms with Gasteiger partial charge in [0.25, 0.3) is 5.56 Å². The van der Waals surface area contributed by atoms with Crippen molar-refractivity contribution in [1.29, 1.82) is 0 Å². The summed E-state index contributed by atoms with van der Waals surface area (Å²) in [5, 5.41) is 0.910. The number of fused-ring (bicyclic) bond motifs is 1. The molecular formula is C30H29F3N4O2. The molecule has 202 valence electrons. The van der Waals surface area contributed by atoms with Gasteiger partial charge < -0.3 is 9.30 Å². The zero-order valence-corrected chi connectivity index (χ0v) is 22.4. The lowest BCUT2D eigenvalue weighted by Crippen LogP contribution is -2.29. The number of benzene rings is 1. The van der Waals surface area contributed by atoms with Gasteiger partial charge in [0.15, 0.2) is 0 Å². The molecule has 0 amide bonds. The molecule has 3 aromatic heterocycles. The van der Waals surface area contributed by atoms with E-state index in [-0.39, 0.29) is 13.2 Å². The third-order valence-corrected chi connectivity index (χ3v) is 6.63. The predicted octanol–water partition coefficient (Wildman–Crippen LogP) is 6.55. The average molecular weight is 535 g/mol. The molecule has 0 saturated heterocycles. The highest BCUT2D eigenvalue weighted by Crippen LogP contribution is 2.32. The van der Waals surface area contributed by atoms with Crippen molar-refractivity contribution in [3.05, 3.63) is 105 Å². The minimum absolute atomic E-state index is 0.0959. The van der Waals surface area contributed by atoms with Crippen molar-refractivity contribution in [2.24, 2.45) is 4.99 Å². The number of ether oxygens (including phenoxy) is 1. The first-order valence-corrected chi connectivity index (χ1v) is 12.4. The molecule has 39 heavy (non-hydrogen) atoms. The monoisotopic (exact) mass is 534 g/mol. The number of aryl methyl sites for hydroxylation is 2. The molecule has 0 radical (unpaired) electrons. The number of rotatable bonds is 7. The first kappa shape index (κ1) is 27.8. The highest BCUT2D eigenvalue weighted by molar-refractivity contribution is 6.25. The Bertz CT molecular complexity index is 1650. The number of aliphatic imine (C=N–C) groups is 1. The Hall–Kier alpha value is -4.27. The van der Waals surface area contributed by atoms with E-state index in [0.717, 1.165) is 44.1 Å². The number of hydrogen-bond donors (Lipinski definition) is 0. The van der Waals surface area contributed by atoms with E-state index in [1.54, 1.807) is 19.3 Å². The van der Waals surface area contributed by atoms with Crippen LogP contribution in [0.25, 0.3) is 16.5 Å². The summed E-state index contributed by atoms with van der Waals surface area (Å²) in [6.45, 7) is 7.68. The number of allylic oxidation sites excluding steroid dienone is 2. The Kier molecular flexibility index (Phi) is 7.99. The third-order valence-electron chi connectivity index (χ3n) is 6.63. The number of hydrogen-bond acceptors (Lipinski definition) is 5. The molecule has 0 aliphatic carbocycles. The maximum atomic E-state index is 13.3. The number of pyridine rings is 3. The highest BCUT2D eigenvalue weighted by Gasteiger charge is 2.34. The molecule has 0 atom stereocenters. The summed E-state index contributed by atoms with van der Waals surface area (Å²) in [6, 6.07) is 11.5. The second-order valence-corrected chi connectivity index (χ2v) is 9.17. The van der Waals surface area contributed by atoms with Crippen molar-refractivity contribution in [2.75, 3.05) is 7.05 Å². The Balaban J connectivity index is 1.72. The van der Waals surface area contributed by atoms with Crippen LogP contribution in [-0.4, -0.2) is 27.3 Å². The molecule has 0 aliphatic heterocycles. The van der Waals surface area contributed by atoms with E-state index in [9.17, 15) is 18.0 Å². The summed E-state index contributed by atoms with van der Waals surface area (Å²) in [6.07, 6.45) is 0.174. The fourth-order valence-electron chi connectivity index (χ4n) is 4.54. The topological polar surface area (TPSA) is 69.4 Å². The minimum Gasteiger partial charge on any atom is -0.487 e. The van der Waals surface area contributed by atoms with Crippen molar-refractivity contribution >= 4 is 22.2 Å². The molecule has 4 aromatic rings. The van der Waals surface area contributed by atoms with E-state index in [0.29, 0.717) is 22.5 Å². The smallest absolute Gasteiger partial charge is 0.421 e. The van der Waals surface area contributed by atoms with Crippen LogP contribution in [0.4, 0.5) is 13.2 Å². The first-order valence-electron chi connectivity index (χ1n) is 12.4. The maximum Gasteiger partial charge on any atom is 0.421 e. The minimum atomic E-state index is -4.74. The van der Waals surface area contributed by atoms with Crippen molar-refractivity contribution in [3.8, 4) is 5.75 Å². The number of nitrogens with zero attached hydrogens (tertiary/aromatic N) is 4. The van der Waals surface area contributed by atoms with Gasteiger partial charge in [-0.1, -0.05) is 18.2 Å². The van der Waals surface area contributed by atoms with Crippen LogP contribution in [0, 0.1) is 13.8 Å². The fraction of sp³-hybridized carbons (Fsp3) is 0.267. The van der Waals surface area contributed by atoms with E-state index < -0.39 is 17.3 Å². The van der Waals surface area contributed by atoms with Crippen molar-refractivity contribution in [2.45, 2.75) is 47.0 Å². The number of halogens is 3. The van der Waals surface area contributed by atoms with Gasteiger partial charge >= 0.3 is 6.18 Å². The molecule has 0 fully saturated rings.